The van der Waals surface area contributed by atoms with Gasteiger partial charge < -0.3 is 28.8 Å². The van der Waals surface area contributed by atoms with Crippen molar-refractivity contribution in [3.8, 4) is 0 Å². The van der Waals surface area contributed by atoms with Crippen molar-refractivity contribution in [1.29, 1.82) is 0 Å². The Morgan fingerprint density at radius 2 is 2.20 bits per heavy atom. The molecule has 4 aliphatic heterocycles. The van der Waals surface area contributed by atoms with Crippen LogP contribution >= 0.6 is 7.82 Å². The van der Waals surface area contributed by atoms with Gasteiger partial charge in [-0.05, 0) is 12.8 Å². The minimum Gasteiger partial charge on any atom is -0.372 e. The van der Waals surface area contributed by atoms with Gasteiger partial charge in [0.1, 0.15) is 11.8 Å². The second-order valence-electron chi connectivity index (χ2n) is 5.89. The molecule has 0 aromatic carbocycles. The molecule has 25 heavy (non-hydrogen) atoms. The smallest absolute Gasteiger partial charge is 0.372 e. The fourth-order valence-corrected chi connectivity index (χ4v) is 4.18. The average Bonchev–Trinajstić information content (AvgIpc) is 3.26. The zero-order valence-corrected chi connectivity index (χ0v) is 13.7. The Bertz CT molecular complexity index is 945. The maximum absolute atomic E-state index is 12.3. The molecule has 2 aromatic rings. The number of aromatic nitrogens is 4. The number of amides is 1. The minimum absolute atomic E-state index is 0.108. The molecule has 2 aromatic heterocycles. The number of phosphoric ester groups is 1. The molecule has 2 saturated heterocycles. The van der Waals surface area contributed by atoms with Crippen LogP contribution in [-0.2, 0) is 22.9 Å². The first-order chi connectivity index (χ1) is 12.1. The summed E-state index contributed by atoms with van der Waals surface area (Å²) in [5, 5.41) is 2.86. The van der Waals surface area contributed by atoms with Gasteiger partial charge in [0.05, 0.1) is 6.33 Å². The Morgan fingerprint density at radius 3 is 3.00 bits per heavy atom. The largest absolute Gasteiger partial charge is 0.652 e. The quantitative estimate of drug-likeness (QED) is 0.759. The van der Waals surface area contributed by atoms with E-state index in [1.807, 2.05) is 0 Å². The number of fused-ring (bicyclic) bond motifs is 2. The molecule has 0 saturated carbocycles. The van der Waals surface area contributed by atoms with Crippen LogP contribution in [0.1, 0.15) is 12.8 Å². The van der Waals surface area contributed by atoms with Gasteiger partial charge in [0, 0.05) is 19.1 Å². The van der Waals surface area contributed by atoms with Gasteiger partial charge in [-0.15, -0.1) is 0 Å². The van der Waals surface area contributed by atoms with Crippen LogP contribution in [0.15, 0.2) is 24.4 Å². The Morgan fingerprint density at radius 1 is 1.32 bits per heavy atom. The van der Waals surface area contributed by atoms with Crippen LogP contribution in [0.25, 0.3) is 11.2 Å². The lowest BCUT2D eigenvalue weighted by atomic mass is 10.1. The third kappa shape index (κ3) is 2.30. The van der Waals surface area contributed by atoms with Crippen LogP contribution in [0.5, 0.6) is 0 Å². The molecule has 130 valence electrons. The van der Waals surface area contributed by atoms with Gasteiger partial charge >= 0.3 is 13.8 Å². The van der Waals surface area contributed by atoms with Gasteiger partial charge in [0.2, 0.25) is 0 Å². The summed E-state index contributed by atoms with van der Waals surface area (Å²) >= 11 is 0. The molecule has 0 unspecified atom stereocenters. The summed E-state index contributed by atoms with van der Waals surface area (Å²) in [4.78, 5) is 30.0. The van der Waals surface area contributed by atoms with Crippen molar-refractivity contribution < 1.29 is 22.9 Å². The van der Waals surface area contributed by atoms with Crippen LogP contribution in [-0.4, -0.2) is 45.0 Å². The first-order valence-corrected chi connectivity index (χ1v) is 9.20. The fourth-order valence-electron chi connectivity index (χ4n) is 3.14. The Kier molecular flexibility index (Phi) is 2.96. The van der Waals surface area contributed by atoms with Crippen molar-refractivity contribution in [3.05, 3.63) is 24.4 Å². The number of rotatable bonds is 3. The maximum Gasteiger partial charge on any atom is 0.652 e. The van der Waals surface area contributed by atoms with Gasteiger partial charge in [0.15, 0.2) is 11.5 Å². The van der Waals surface area contributed by atoms with E-state index in [2.05, 4.69) is 30.2 Å². The summed E-state index contributed by atoms with van der Waals surface area (Å²) in [6, 6.07) is -0.121. The van der Waals surface area contributed by atoms with Crippen molar-refractivity contribution in [2.75, 3.05) is 18.0 Å². The lowest BCUT2D eigenvalue weighted by molar-refractivity contribution is -0.120. The predicted molar refractivity (Wildman–Crippen MR) is 82.9 cm³/mol. The molecule has 2 bridgehead atoms. The third-order valence-corrected chi connectivity index (χ3v) is 5.43. The van der Waals surface area contributed by atoms with Gasteiger partial charge in [-0.1, -0.05) is 0 Å². The molecule has 12 heteroatoms. The van der Waals surface area contributed by atoms with Gasteiger partial charge in [-0.25, -0.2) is 15.0 Å². The number of hydrogen-bond acceptors (Lipinski definition) is 9. The van der Waals surface area contributed by atoms with E-state index in [9.17, 15) is 9.36 Å². The van der Waals surface area contributed by atoms with Crippen molar-refractivity contribution in [2.24, 2.45) is 0 Å². The number of nitrogens with zero attached hydrogens (tertiary/aromatic N) is 4. The molecule has 1 amide bonds. The number of imidazole rings is 1. The molecule has 1 atom stereocenters. The van der Waals surface area contributed by atoms with E-state index in [1.54, 1.807) is 6.33 Å². The lowest BCUT2D eigenvalue weighted by Crippen LogP contribution is -2.48. The molecule has 11 nitrogen and oxygen atoms in total. The normalized spacial score (nSPS) is 23.5. The standard InChI is InChI=1S/C13H13N6O5P/c20-12(9-13-23-25(21,22-9)24-13)18-7-2-1-3-19(4-7)11-8-10(15-5-14-8)16-6-17-11/h5-7H,1-4H2,(H,18,20)(H,14,15,16,17)/t7-/m1/s1. The second kappa shape index (κ2) is 5.09. The number of anilines is 1. The molecular formula is C13H13N6O5P. The molecule has 4 aliphatic rings. The first-order valence-electron chi connectivity index (χ1n) is 7.74. The maximum atomic E-state index is 12.3. The number of aromatic amines is 1. The number of piperidine rings is 1. The summed E-state index contributed by atoms with van der Waals surface area (Å²) in [5.74, 6) is -0.00711. The van der Waals surface area contributed by atoms with Crippen LogP contribution in [0.4, 0.5) is 5.82 Å². The Balaban J connectivity index is 1.32. The van der Waals surface area contributed by atoms with Crippen LogP contribution < -0.4 is 10.2 Å². The highest BCUT2D eigenvalue weighted by molar-refractivity contribution is 7.50. The number of nitrogens with one attached hydrogen (secondary N) is 2. The van der Waals surface area contributed by atoms with Crippen molar-refractivity contribution in [3.63, 3.8) is 0 Å². The van der Waals surface area contributed by atoms with Crippen molar-refractivity contribution >= 4 is 30.7 Å². The topological polar surface area (TPSA) is 132 Å². The summed E-state index contributed by atoms with van der Waals surface area (Å²) in [5.41, 5.74) is 1.36. The third-order valence-electron chi connectivity index (χ3n) is 4.24. The van der Waals surface area contributed by atoms with E-state index in [4.69, 9.17) is 13.6 Å². The average molecular weight is 364 g/mol. The lowest BCUT2D eigenvalue weighted by Gasteiger charge is -2.33. The van der Waals surface area contributed by atoms with Crippen molar-refractivity contribution in [1.82, 2.24) is 25.3 Å². The fraction of sp³-hybridized carbons (Fsp3) is 0.385. The molecule has 0 aliphatic carbocycles. The number of H-pyrrole nitrogens is 1. The van der Waals surface area contributed by atoms with E-state index >= 15 is 0 Å². The predicted octanol–water partition coefficient (Wildman–Crippen LogP) is 0.792. The van der Waals surface area contributed by atoms with E-state index in [1.165, 1.54) is 6.33 Å². The van der Waals surface area contributed by atoms with Crippen LogP contribution in [0.2, 0.25) is 0 Å². The SMILES string of the molecule is O=C(N[C@@H]1CCCN(c2ncnc3nc[nH]c23)C1)C1=C2OP(=O)(O2)O1. The second-order valence-corrected chi connectivity index (χ2v) is 7.34. The molecule has 6 heterocycles. The van der Waals surface area contributed by atoms with Gasteiger partial charge in [0.25, 0.3) is 11.7 Å². The van der Waals surface area contributed by atoms with Crippen LogP contribution in [0.3, 0.4) is 0 Å². The molecular weight excluding hydrogens is 351 g/mol. The summed E-state index contributed by atoms with van der Waals surface area (Å²) in [7, 11) is -3.52. The Hall–Kier alpha value is -2.81. The Labute approximate surface area is 141 Å². The van der Waals surface area contributed by atoms with Crippen molar-refractivity contribution in [2.45, 2.75) is 18.9 Å². The molecule has 2 N–H and O–H groups in total. The molecule has 0 spiro atoms. The van der Waals surface area contributed by atoms with Gasteiger partial charge in [-0.3, -0.25) is 4.79 Å². The zero-order chi connectivity index (χ0) is 17.0. The van der Waals surface area contributed by atoms with Gasteiger partial charge in [-0.2, -0.15) is 4.57 Å². The number of phosphoric acid groups is 1. The van der Waals surface area contributed by atoms with E-state index < -0.39 is 13.7 Å². The molecule has 2 fully saturated rings. The minimum atomic E-state index is -3.52. The monoisotopic (exact) mass is 364 g/mol. The molecule has 0 radical (unpaired) electrons. The summed E-state index contributed by atoms with van der Waals surface area (Å²) in [6.45, 7) is 1.38. The highest BCUT2D eigenvalue weighted by atomic mass is 31.2. The summed E-state index contributed by atoms with van der Waals surface area (Å²) < 4.78 is 26.0. The van der Waals surface area contributed by atoms with E-state index in [0.29, 0.717) is 12.2 Å². The number of carbonyl (C=O) groups is 1. The summed E-state index contributed by atoms with van der Waals surface area (Å²) in [6.07, 6.45) is 4.73. The highest BCUT2D eigenvalue weighted by Gasteiger charge is 2.58. The number of hydrogen-bond donors (Lipinski definition) is 2. The van der Waals surface area contributed by atoms with E-state index in [0.717, 1.165) is 30.7 Å². The first kappa shape index (κ1) is 14.5. The van der Waals surface area contributed by atoms with Crippen LogP contribution in [0, 0.1) is 0 Å². The zero-order valence-electron chi connectivity index (χ0n) is 12.8. The number of carbonyl (C=O) groups excluding carboxylic acids is 1. The highest BCUT2D eigenvalue weighted by Crippen LogP contribution is 2.70. The molecule has 6 rings (SSSR count). The van der Waals surface area contributed by atoms with E-state index in [-0.39, 0.29) is 17.7 Å².